The van der Waals surface area contributed by atoms with E-state index in [0.717, 1.165) is 28.2 Å². The molecule has 142 valence electrons. The van der Waals surface area contributed by atoms with Crippen LogP contribution in [0.25, 0.3) is 16.9 Å². The molecule has 0 aliphatic rings. The molecule has 2 heterocycles. The van der Waals surface area contributed by atoms with E-state index in [2.05, 4.69) is 51.3 Å². The third kappa shape index (κ3) is 4.14. The molecular weight excluding hydrogens is 360 g/mol. The highest BCUT2D eigenvalue weighted by atomic mass is 16.2. The standard InChI is InChI=1S/C24H20N4O/c1-18-7-12-23(20-5-3-2-4-6-20)28(18)22-10-8-21(9-11-22)24(29)27-26-17-19-13-15-25-16-14-19/h2-17H,1H3,(H,27,29)/b26-17+. The number of rotatable bonds is 5. The maximum atomic E-state index is 12.3. The van der Waals surface area contributed by atoms with Crippen LogP contribution >= 0.6 is 0 Å². The summed E-state index contributed by atoms with van der Waals surface area (Å²) in [6.07, 6.45) is 4.94. The maximum Gasteiger partial charge on any atom is 0.271 e. The van der Waals surface area contributed by atoms with E-state index in [4.69, 9.17) is 0 Å². The van der Waals surface area contributed by atoms with E-state index in [1.807, 2.05) is 42.5 Å². The second-order valence-corrected chi connectivity index (χ2v) is 6.59. The quantitative estimate of drug-likeness (QED) is 0.406. The Morgan fingerprint density at radius 1 is 0.931 bits per heavy atom. The molecule has 4 aromatic rings. The Morgan fingerprint density at radius 2 is 1.66 bits per heavy atom. The van der Waals surface area contributed by atoms with E-state index in [0.29, 0.717) is 5.56 Å². The summed E-state index contributed by atoms with van der Waals surface area (Å²) in [6, 6.07) is 25.6. The van der Waals surface area contributed by atoms with Crippen molar-refractivity contribution in [1.29, 1.82) is 0 Å². The minimum absolute atomic E-state index is 0.255. The lowest BCUT2D eigenvalue weighted by Crippen LogP contribution is -2.17. The van der Waals surface area contributed by atoms with Gasteiger partial charge in [0.25, 0.3) is 5.91 Å². The van der Waals surface area contributed by atoms with Crippen LogP contribution in [0, 0.1) is 6.92 Å². The fourth-order valence-corrected chi connectivity index (χ4v) is 3.16. The first-order valence-electron chi connectivity index (χ1n) is 9.30. The maximum absolute atomic E-state index is 12.3. The van der Waals surface area contributed by atoms with Gasteiger partial charge in [-0.05, 0) is 66.6 Å². The number of nitrogens with zero attached hydrogens (tertiary/aromatic N) is 3. The molecule has 0 saturated carbocycles. The molecule has 2 aromatic heterocycles. The lowest BCUT2D eigenvalue weighted by atomic mass is 10.1. The van der Waals surface area contributed by atoms with Gasteiger partial charge in [0, 0.05) is 29.3 Å². The predicted octanol–water partition coefficient (Wildman–Crippen LogP) is 4.61. The van der Waals surface area contributed by atoms with Crippen molar-refractivity contribution >= 4 is 12.1 Å². The molecule has 0 spiro atoms. The van der Waals surface area contributed by atoms with Crippen LogP contribution in [0.3, 0.4) is 0 Å². The Labute approximate surface area is 169 Å². The summed E-state index contributed by atoms with van der Waals surface area (Å²) < 4.78 is 2.18. The van der Waals surface area contributed by atoms with Crippen LogP contribution in [0.5, 0.6) is 0 Å². The number of pyridine rings is 1. The zero-order valence-electron chi connectivity index (χ0n) is 16.0. The lowest BCUT2D eigenvalue weighted by Gasteiger charge is -2.12. The summed E-state index contributed by atoms with van der Waals surface area (Å²) in [7, 11) is 0. The summed E-state index contributed by atoms with van der Waals surface area (Å²) in [5, 5.41) is 4.00. The summed E-state index contributed by atoms with van der Waals surface area (Å²) in [5.74, 6) is -0.255. The minimum Gasteiger partial charge on any atom is -0.314 e. The number of carbonyl (C=O) groups excluding carboxylic acids is 1. The molecule has 0 aliphatic carbocycles. The van der Waals surface area contributed by atoms with Crippen LogP contribution in [0.4, 0.5) is 0 Å². The normalized spacial score (nSPS) is 10.9. The average molecular weight is 380 g/mol. The number of hydrogen-bond donors (Lipinski definition) is 1. The van der Waals surface area contributed by atoms with Gasteiger partial charge in [0.2, 0.25) is 0 Å². The Morgan fingerprint density at radius 3 is 2.38 bits per heavy atom. The number of benzene rings is 2. The Bertz CT molecular complexity index is 1130. The fourth-order valence-electron chi connectivity index (χ4n) is 3.16. The molecule has 0 fully saturated rings. The van der Waals surface area contributed by atoms with Crippen molar-refractivity contribution in [2.45, 2.75) is 6.92 Å². The predicted molar refractivity (Wildman–Crippen MR) is 115 cm³/mol. The van der Waals surface area contributed by atoms with Crippen LogP contribution in [0.15, 0.2) is 96.4 Å². The first kappa shape index (κ1) is 18.4. The van der Waals surface area contributed by atoms with Gasteiger partial charge < -0.3 is 4.57 Å². The summed E-state index contributed by atoms with van der Waals surface area (Å²) in [6.45, 7) is 2.07. The van der Waals surface area contributed by atoms with Crippen LogP contribution in [-0.2, 0) is 0 Å². The molecule has 0 bridgehead atoms. The van der Waals surface area contributed by atoms with E-state index in [9.17, 15) is 4.79 Å². The summed E-state index contributed by atoms with van der Waals surface area (Å²) in [4.78, 5) is 16.3. The fraction of sp³-hybridized carbons (Fsp3) is 0.0417. The molecule has 0 saturated heterocycles. The second-order valence-electron chi connectivity index (χ2n) is 6.59. The van der Waals surface area contributed by atoms with Gasteiger partial charge in [-0.3, -0.25) is 9.78 Å². The van der Waals surface area contributed by atoms with E-state index in [1.165, 1.54) is 0 Å². The highest BCUT2D eigenvalue weighted by molar-refractivity contribution is 5.95. The molecular formula is C24H20N4O. The lowest BCUT2D eigenvalue weighted by molar-refractivity contribution is 0.0955. The highest BCUT2D eigenvalue weighted by Gasteiger charge is 2.10. The molecule has 5 heteroatoms. The molecule has 0 atom stereocenters. The first-order chi connectivity index (χ1) is 14.2. The zero-order valence-corrected chi connectivity index (χ0v) is 16.0. The molecule has 4 rings (SSSR count). The van der Waals surface area contributed by atoms with Crippen molar-refractivity contribution in [1.82, 2.24) is 15.0 Å². The van der Waals surface area contributed by atoms with Crippen LogP contribution in [-0.4, -0.2) is 21.7 Å². The minimum atomic E-state index is -0.255. The third-order valence-corrected chi connectivity index (χ3v) is 4.62. The number of carbonyl (C=O) groups is 1. The van der Waals surface area contributed by atoms with E-state index in [1.54, 1.807) is 30.7 Å². The summed E-state index contributed by atoms with van der Waals surface area (Å²) >= 11 is 0. The largest absolute Gasteiger partial charge is 0.314 e. The Kier molecular flexibility index (Phi) is 5.29. The van der Waals surface area contributed by atoms with Crippen molar-refractivity contribution in [2.24, 2.45) is 5.10 Å². The van der Waals surface area contributed by atoms with Crippen molar-refractivity contribution < 1.29 is 4.79 Å². The zero-order chi connectivity index (χ0) is 20.1. The van der Waals surface area contributed by atoms with Gasteiger partial charge in [-0.15, -0.1) is 0 Å². The van der Waals surface area contributed by atoms with Crippen LogP contribution < -0.4 is 5.43 Å². The molecule has 5 nitrogen and oxygen atoms in total. The van der Waals surface area contributed by atoms with E-state index < -0.39 is 0 Å². The Balaban J connectivity index is 1.52. The molecule has 0 aliphatic heterocycles. The number of hydrazone groups is 1. The topological polar surface area (TPSA) is 59.3 Å². The number of amides is 1. The van der Waals surface area contributed by atoms with E-state index >= 15 is 0 Å². The van der Waals surface area contributed by atoms with Crippen molar-refractivity contribution in [3.8, 4) is 16.9 Å². The van der Waals surface area contributed by atoms with Gasteiger partial charge in [0.15, 0.2) is 0 Å². The van der Waals surface area contributed by atoms with Crippen LogP contribution in [0.2, 0.25) is 0 Å². The van der Waals surface area contributed by atoms with Crippen molar-refractivity contribution in [3.63, 3.8) is 0 Å². The average Bonchev–Trinajstić information content (AvgIpc) is 3.16. The highest BCUT2D eigenvalue weighted by Crippen LogP contribution is 2.26. The van der Waals surface area contributed by atoms with Gasteiger partial charge >= 0.3 is 0 Å². The number of aromatic nitrogens is 2. The van der Waals surface area contributed by atoms with Gasteiger partial charge in [-0.25, -0.2) is 5.43 Å². The number of hydrogen-bond acceptors (Lipinski definition) is 3. The van der Waals surface area contributed by atoms with Crippen molar-refractivity contribution in [3.05, 3.63) is 108 Å². The molecule has 0 radical (unpaired) electrons. The number of nitrogens with one attached hydrogen (secondary N) is 1. The Hall–Kier alpha value is -3.99. The molecule has 1 N–H and O–H groups in total. The van der Waals surface area contributed by atoms with Gasteiger partial charge in [0.1, 0.15) is 0 Å². The smallest absolute Gasteiger partial charge is 0.271 e. The summed E-state index contributed by atoms with van der Waals surface area (Å²) in [5.41, 5.74) is 8.36. The molecule has 0 unspecified atom stereocenters. The van der Waals surface area contributed by atoms with Gasteiger partial charge in [-0.1, -0.05) is 30.3 Å². The van der Waals surface area contributed by atoms with E-state index in [-0.39, 0.29) is 5.91 Å². The molecule has 29 heavy (non-hydrogen) atoms. The monoisotopic (exact) mass is 380 g/mol. The SMILES string of the molecule is Cc1ccc(-c2ccccc2)n1-c1ccc(C(=O)N/N=C/c2ccncc2)cc1. The molecule has 2 aromatic carbocycles. The first-order valence-corrected chi connectivity index (χ1v) is 9.30. The van der Waals surface area contributed by atoms with Crippen molar-refractivity contribution in [2.75, 3.05) is 0 Å². The van der Waals surface area contributed by atoms with Crippen LogP contribution in [0.1, 0.15) is 21.6 Å². The number of aryl methyl sites for hydroxylation is 1. The second kappa shape index (κ2) is 8.35. The van der Waals surface area contributed by atoms with Gasteiger partial charge in [-0.2, -0.15) is 5.10 Å². The third-order valence-electron chi connectivity index (χ3n) is 4.62. The molecule has 1 amide bonds. The van der Waals surface area contributed by atoms with Gasteiger partial charge in [0.05, 0.1) is 11.9 Å².